The van der Waals surface area contributed by atoms with Crippen LogP contribution in [0.3, 0.4) is 0 Å². The third-order valence-corrected chi connectivity index (χ3v) is 2.83. The Morgan fingerprint density at radius 3 is 2.57 bits per heavy atom. The summed E-state index contributed by atoms with van der Waals surface area (Å²) in [5.41, 5.74) is 0.476. The van der Waals surface area contributed by atoms with Gasteiger partial charge in [0.05, 0.1) is 0 Å². The van der Waals surface area contributed by atoms with Gasteiger partial charge in [0.15, 0.2) is 11.5 Å². The van der Waals surface area contributed by atoms with Gasteiger partial charge in [-0.3, -0.25) is 0 Å². The minimum absolute atomic E-state index is 0.0170. The predicted octanol–water partition coefficient (Wildman–Crippen LogP) is 0.921. The van der Waals surface area contributed by atoms with Crippen molar-refractivity contribution in [3.05, 3.63) is 36.4 Å². The third kappa shape index (κ3) is 4.72. The van der Waals surface area contributed by atoms with Crippen LogP contribution in [0.5, 0.6) is 11.5 Å². The number of likely N-dealkylation sites (N-methyl/N-ethyl adjacent to an activating group) is 1. The molecule has 0 aliphatic heterocycles. The number of amides is 2. The average molecular weight is 294 g/mol. The number of phenols is 2. The summed E-state index contributed by atoms with van der Waals surface area (Å²) >= 11 is 0. The van der Waals surface area contributed by atoms with Crippen molar-refractivity contribution in [1.82, 2.24) is 10.2 Å². The molecule has 0 aromatic heterocycles. The lowest BCUT2D eigenvalue weighted by atomic mass is 10.1. The van der Waals surface area contributed by atoms with E-state index in [9.17, 15) is 19.8 Å². The zero-order valence-electron chi connectivity index (χ0n) is 11.6. The van der Waals surface area contributed by atoms with Gasteiger partial charge in [0, 0.05) is 20.0 Å². The Kier molecular flexibility index (Phi) is 5.59. The van der Waals surface area contributed by atoms with Crippen molar-refractivity contribution in [2.75, 3.05) is 13.6 Å². The summed E-state index contributed by atoms with van der Waals surface area (Å²) in [6, 6.07) is 2.31. The molecule has 114 valence electrons. The normalized spacial score (nSPS) is 11.5. The molecule has 0 saturated heterocycles. The molecule has 21 heavy (non-hydrogen) atoms. The lowest BCUT2D eigenvalue weighted by molar-refractivity contribution is -0.139. The van der Waals surface area contributed by atoms with Gasteiger partial charge in [-0.15, -0.1) is 6.58 Å². The van der Waals surface area contributed by atoms with Crippen molar-refractivity contribution < 1.29 is 24.9 Å². The molecule has 7 heteroatoms. The molecule has 0 fully saturated rings. The molecule has 1 atom stereocenters. The van der Waals surface area contributed by atoms with Gasteiger partial charge >= 0.3 is 12.0 Å². The lowest BCUT2D eigenvalue weighted by Crippen LogP contribution is -2.47. The minimum atomic E-state index is -1.19. The first-order valence-electron chi connectivity index (χ1n) is 6.21. The Morgan fingerprint density at radius 1 is 1.38 bits per heavy atom. The van der Waals surface area contributed by atoms with Crippen LogP contribution in [0.1, 0.15) is 5.56 Å². The maximum absolute atomic E-state index is 11.8. The summed E-state index contributed by atoms with van der Waals surface area (Å²) in [5.74, 6) is -1.82. The van der Waals surface area contributed by atoms with E-state index in [2.05, 4.69) is 11.9 Å². The van der Waals surface area contributed by atoms with Crippen LogP contribution in [0.25, 0.3) is 0 Å². The maximum Gasteiger partial charge on any atom is 0.326 e. The summed E-state index contributed by atoms with van der Waals surface area (Å²) in [6.07, 6.45) is 1.50. The number of rotatable bonds is 6. The van der Waals surface area contributed by atoms with Crippen molar-refractivity contribution >= 4 is 12.0 Å². The van der Waals surface area contributed by atoms with E-state index < -0.39 is 18.0 Å². The number of urea groups is 1. The van der Waals surface area contributed by atoms with Crippen LogP contribution in [-0.2, 0) is 11.2 Å². The Bertz CT molecular complexity index is 544. The second kappa shape index (κ2) is 7.18. The van der Waals surface area contributed by atoms with Crippen molar-refractivity contribution in [2.24, 2.45) is 0 Å². The summed E-state index contributed by atoms with van der Waals surface area (Å²) in [4.78, 5) is 24.3. The number of hydrogen-bond donors (Lipinski definition) is 4. The third-order valence-electron chi connectivity index (χ3n) is 2.83. The van der Waals surface area contributed by atoms with Gasteiger partial charge in [-0.1, -0.05) is 12.1 Å². The quantitative estimate of drug-likeness (QED) is 0.460. The highest BCUT2D eigenvalue weighted by molar-refractivity contribution is 5.82. The van der Waals surface area contributed by atoms with Gasteiger partial charge < -0.3 is 25.5 Å². The Balaban J connectivity index is 2.78. The summed E-state index contributed by atoms with van der Waals surface area (Å²) in [6.45, 7) is 3.78. The molecule has 0 aliphatic rings. The molecule has 1 unspecified atom stereocenters. The van der Waals surface area contributed by atoms with Gasteiger partial charge in [-0.25, -0.2) is 9.59 Å². The number of hydrogen-bond acceptors (Lipinski definition) is 4. The number of aromatic hydroxyl groups is 2. The molecule has 0 radical (unpaired) electrons. The van der Waals surface area contributed by atoms with E-state index in [1.807, 2.05) is 0 Å². The van der Waals surface area contributed by atoms with Crippen molar-refractivity contribution in [1.29, 1.82) is 0 Å². The van der Waals surface area contributed by atoms with E-state index in [4.69, 9.17) is 5.11 Å². The highest BCUT2D eigenvalue weighted by atomic mass is 16.4. The number of nitrogens with zero attached hydrogens (tertiary/aromatic N) is 1. The van der Waals surface area contributed by atoms with Crippen LogP contribution in [0.4, 0.5) is 4.79 Å². The van der Waals surface area contributed by atoms with Gasteiger partial charge in [0.1, 0.15) is 6.04 Å². The molecule has 2 amide bonds. The van der Waals surface area contributed by atoms with Gasteiger partial charge in [-0.05, 0) is 17.7 Å². The van der Waals surface area contributed by atoms with Crippen molar-refractivity contribution in [3.63, 3.8) is 0 Å². The fraction of sp³-hybridized carbons (Fsp3) is 0.286. The highest BCUT2D eigenvalue weighted by Crippen LogP contribution is 2.25. The fourth-order valence-corrected chi connectivity index (χ4v) is 1.67. The molecule has 0 bridgehead atoms. The fourth-order valence-electron chi connectivity index (χ4n) is 1.67. The second-order valence-corrected chi connectivity index (χ2v) is 4.54. The predicted molar refractivity (Wildman–Crippen MR) is 76.3 cm³/mol. The van der Waals surface area contributed by atoms with E-state index in [1.165, 1.54) is 36.2 Å². The molecular weight excluding hydrogens is 276 g/mol. The monoisotopic (exact) mass is 294 g/mol. The maximum atomic E-state index is 11.8. The molecule has 0 spiro atoms. The lowest BCUT2D eigenvalue weighted by Gasteiger charge is -2.20. The van der Waals surface area contributed by atoms with Crippen molar-refractivity contribution in [2.45, 2.75) is 12.5 Å². The highest BCUT2D eigenvalue weighted by Gasteiger charge is 2.22. The van der Waals surface area contributed by atoms with Crippen LogP contribution in [0.15, 0.2) is 30.9 Å². The first-order valence-corrected chi connectivity index (χ1v) is 6.21. The van der Waals surface area contributed by atoms with Gasteiger partial charge in [0.2, 0.25) is 0 Å². The van der Waals surface area contributed by atoms with Gasteiger partial charge in [0.25, 0.3) is 0 Å². The summed E-state index contributed by atoms with van der Waals surface area (Å²) in [5, 5.41) is 30.1. The van der Waals surface area contributed by atoms with E-state index in [1.54, 1.807) is 0 Å². The number of carboxylic acids is 1. The van der Waals surface area contributed by atoms with E-state index in [0.29, 0.717) is 5.56 Å². The average Bonchev–Trinajstić information content (AvgIpc) is 2.42. The Hall–Kier alpha value is -2.70. The van der Waals surface area contributed by atoms with Crippen LogP contribution >= 0.6 is 0 Å². The van der Waals surface area contributed by atoms with E-state index >= 15 is 0 Å². The number of carboxylic acid groups (broad SMARTS) is 1. The molecule has 1 rings (SSSR count). The number of benzene rings is 1. The molecule has 0 heterocycles. The number of carbonyl (C=O) groups excluding carboxylic acids is 1. The molecule has 0 saturated carbocycles. The van der Waals surface area contributed by atoms with Gasteiger partial charge in [-0.2, -0.15) is 0 Å². The molecular formula is C14H18N2O5. The Morgan fingerprint density at radius 2 is 2.05 bits per heavy atom. The zero-order chi connectivity index (χ0) is 16.0. The van der Waals surface area contributed by atoms with E-state index in [-0.39, 0.29) is 24.5 Å². The number of carbonyl (C=O) groups is 2. The van der Waals surface area contributed by atoms with Crippen LogP contribution < -0.4 is 5.32 Å². The molecule has 7 nitrogen and oxygen atoms in total. The number of aliphatic carboxylic acids is 1. The molecule has 0 aliphatic carbocycles. The second-order valence-electron chi connectivity index (χ2n) is 4.54. The zero-order valence-corrected chi connectivity index (χ0v) is 11.6. The minimum Gasteiger partial charge on any atom is -0.504 e. The Labute approximate surface area is 122 Å². The molecule has 1 aromatic carbocycles. The molecule has 1 aromatic rings. The number of nitrogens with one attached hydrogen (secondary N) is 1. The van der Waals surface area contributed by atoms with Crippen LogP contribution in [-0.4, -0.2) is 51.9 Å². The smallest absolute Gasteiger partial charge is 0.326 e. The SMILES string of the molecule is C=CCN(C)C(=O)NC(Cc1ccc(O)c(O)c1)C(=O)O. The topological polar surface area (TPSA) is 110 Å². The van der Waals surface area contributed by atoms with Crippen LogP contribution in [0.2, 0.25) is 0 Å². The standard InChI is InChI=1S/C14H18N2O5/c1-3-6-16(2)14(21)15-10(13(19)20)7-9-4-5-11(17)12(18)8-9/h3-5,8,10,17-18H,1,6-7H2,2H3,(H,15,21)(H,19,20). The van der Waals surface area contributed by atoms with Crippen LogP contribution in [0, 0.1) is 0 Å². The number of phenolic OH excluding ortho intramolecular Hbond substituents is 2. The summed E-state index contributed by atoms with van der Waals surface area (Å²) < 4.78 is 0. The first kappa shape index (κ1) is 16.4. The van der Waals surface area contributed by atoms with Crippen molar-refractivity contribution in [3.8, 4) is 11.5 Å². The first-order chi connectivity index (χ1) is 9.85. The molecule has 4 N–H and O–H groups in total. The van der Waals surface area contributed by atoms with E-state index in [0.717, 1.165) is 0 Å². The largest absolute Gasteiger partial charge is 0.504 e. The summed E-state index contributed by atoms with van der Waals surface area (Å²) in [7, 11) is 1.52.